The van der Waals surface area contributed by atoms with Gasteiger partial charge in [0.05, 0.1) is 22.4 Å². The van der Waals surface area contributed by atoms with Crippen LogP contribution in [0, 0.1) is 15.9 Å². The second kappa shape index (κ2) is 6.90. The summed E-state index contributed by atoms with van der Waals surface area (Å²) >= 11 is 1.20. The van der Waals surface area contributed by atoms with Crippen LogP contribution in [-0.2, 0) is 4.79 Å². The third-order valence-electron chi connectivity index (χ3n) is 2.65. The van der Waals surface area contributed by atoms with E-state index >= 15 is 0 Å². The van der Waals surface area contributed by atoms with Gasteiger partial charge in [0.15, 0.2) is 0 Å². The Balaban J connectivity index is 1.94. The summed E-state index contributed by atoms with van der Waals surface area (Å²) in [7, 11) is 0. The Morgan fingerprint density at radius 2 is 1.95 bits per heavy atom. The van der Waals surface area contributed by atoms with E-state index in [-0.39, 0.29) is 28.7 Å². The predicted octanol–water partition coefficient (Wildman–Crippen LogP) is 3.17. The van der Waals surface area contributed by atoms with Gasteiger partial charge in [0.1, 0.15) is 11.6 Å². The highest BCUT2D eigenvalue weighted by molar-refractivity contribution is 8.00. The molecule has 1 amide bonds. The number of nitrogens with one attached hydrogen (secondary N) is 1. The Bertz CT molecular complexity index is 706. The molecule has 114 valence electrons. The maximum absolute atomic E-state index is 12.7. The van der Waals surface area contributed by atoms with E-state index < -0.39 is 10.8 Å². The molecule has 0 spiro atoms. The van der Waals surface area contributed by atoms with Gasteiger partial charge >= 0.3 is 0 Å². The molecule has 0 aliphatic heterocycles. The van der Waals surface area contributed by atoms with Gasteiger partial charge in [0.25, 0.3) is 5.69 Å². The van der Waals surface area contributed by atoms with Gasteiger partial charge in [-0.05, 0) is 30.3 Å². The number of hydrogen-bond acceptors (Lipinski definition) is 5. The molecule has 0 aliphatic rings. The number of rotatable bonds is 5. The monoisotopic (exact) mass is 322 g/mol. The summed E-state index contributed by atoms with van der Waals surface area (Å²) in [6.07, 6.45) is 0. The standard InChI is InChI=1S/C14H11FN2O4S/c15-9-1-4-11(5-2-9)22-8-14(19)16-12-6-3-10(17(20)21)7-13(12)18/h1-7,18H,8H2,(H,16,19). The van der Waals surface area contributed by atoms with E-state index in [1.54, 1.807) is 12.1 Å². The topological polar surface area (TPSA) is 92.5 Å². The van der Waals surface area contributed by atoms with E-state index in [9.17, 15) is 24.4 Å². The summed E-state index contributed by atoms with van der Waals surface area (Å²) in [6.45, 7) is 0. The van der Waals surface area contributed by atoms with Crippen molar-refractivity contribution in [3.8, 4) is 5.75 Å². The lowest BCUT2D eigenvalue weighted by atomic mass is 10.2. The molecule has 0 saturated carbocycles. The number of aromatic hydroxyl groups is 1. The first-order valence-corrected chi connectivity index (χ1v) is 7.10. The Hall–Kier alpha value is -2.61. The van der Waals surface area contributed by atoms with Crippen LogP contribution >= 0.6 is 11.8 Å². The van der Waals surface area contributed by atoms with Crippen LogP contribution in [-0.4, -0.2) is 21.7 Å². The van der Waals surface area contributed by atoms with Crippen LogP contribution in [0.5, 0.6) is 5.75 Å². The lowest BCUT2D eigenvalue weighted by molar-refractivity contribution is -0.384. The summed E-state index contributed by atoms with van der Waals surface area (Å²) in [5, 5.41) is 22.6. The number of nitro groups is 1. The fraction of sp³-hybridized carbons (Fsp3) is 0.0714. The molecule has 2 N–H and O–H groups in total. The first-order valence-electron chi connectivity index (χ1n) is 6.11. The van der Waals surface area contributed by atoms with E-state index in [1.807, 2.05) is 0 Å². The van der Waals surface area contributed by atoms with Crippen LogP contribution in [0.3, 0.4) is 0 Å². The number of benzene rings is 2. The number of carbonyl (C=O) groups is 1. The van der Waals surface area contributed by atoms with Gasteiger partial charge in [0.2, 0.25) is 5.91 Å². The highest BCUT2D eigenvalue weighted by atomic mass is 32.2. The van der Waals surface area contributed by atoms with Crippen molar-refractivity contribution in [1.29, 1.82) is 0 Å². The molecule has 6 nitrogen and oxygen atoms in total. The number of thioether (sulfide) groups is 1. The molecule has 22 heavy (non-hydrogen) atoms. The molecule has 2 aromatic rings. The number of non-ortho nitro benzene ring substituents is 1. The van der Waals surface area contributed by atoms with Gasteiger partial charge in [-0.2, -0.15) is 0 Å². The third-order valence-corrected chi connectivity index (χ3v) is 3.66. The lowest BCUT2D eigenvalue weighted by Crippen LogP contribution is -2.14. The number of anilines is 1. The minimum absolute atomic E-state index is 0.0576. The SMILES string of the molecule is O=C(CSc1ccc(F)cc1)Nc1ccc([N+](=O)[O-])cc1O. The Kier molecular flexibility index (Phi) is 4.95. The number of carbonyl (C=O) groups excluding carboxylic acids is 1. The van der Waals surface area contributed by atoms with Gasteiger partial charge in [-0.3, -0.25) is 14.9 Å². The van der Waals surface area contributed by atoms with Crippen molar-refractivity contribution in [1.82, 2.24) is 0 Å². The van der Waals surface area contributed by atoms with Crippen molar-refractivity contribution in [3.05, 3.63) is 58.4 Å². The number of phenols is 1. The predicted molar refractivity (Wildman–Crippen MR) is 80.5 cm³/mol. The zero-order valence-electron chi connectivity index (χ0n) is 11.2. The fourth-order valence-electron chi connectivity index (χ4n) is 1.61. The van der Waals surface area contributed by atoms with Gasteiger partial charge < -0.3 is 10.4 Å². The largest absolute Gasteiger partial charge is 0.506 e. The lowest BCUT2D eigenvalue weighted by Gasteiger charge is -2.07. The second-order valence-electron chi connectivity index (χ2n) is 4.25. The highest BCUT2D eigenvalue weighted by Gasteiger charge is 2.12. The van der Waals surface area contributed by atoms with Crippen LogP contribution in [0.25, 0.3) is 0 Å². The maximum atomic E-state index is 12.7. The van der Waals surface area contributed by atoms with Gasteiger partial charge in [0, 0.05) is 11.0 Å². The molecule has 0 saturated heterocycles. The Morgan fingerprint density at radius 1 is 1.27 bits per heavy atom. The molecule has 0 fully saturated rings. The zero-order chi connectivity index (χ0) is 16.1. The van der Waals surface area contributed by atoms with Crippen LogP contribution in [0.2, 0.25) is 0 Å². The quantitative estimate of drug-likeness (QED) is 0.382. The van der Waals surface area contributed by atoms with Crippen LogP contribution in [0.1, 0.15) is 0 Å². The number of nitro benzene ring substituents is 1. The number of halogens is 1. The summed E-state index contributed by atoms with van der Waals surface area (Å²) in [6, 6.07) is 9.09. The van der Waals surface area contributed by atoms with E-state index in [4.69, 9.17) is 0 Å². The van der Waals surface area contributed by atoms with E-state index in [1.165, 1.54) is 36.0 Å². The van der Waals surface area contributed by atoms with E-state index in [0.29, 0.717) is 0 Å². The molecule has 0 unspecified atom stereocenters. The molecule has 8 heteroatoms. The molecular formula is C14H11FN2O4S. The average Bonchev–Trinajstić information content (AvgIpc) is 2.48. The van der Waals surface area contributed by atoms with Crippen LogP contribution in [0.4, 0.5) is 15.8 Å². The Labute approximate surface area is 129 Å². The highest BCUT2D eigenvalue weighted by Crippen LogP contribution is 2.28. The van der Waals surface area contributed by atoms with Crippen molar-refractivity contribution < 1.29 is 19.2 Å². The second-order valence-corrected chi connectivity index (χ2v) is 5.30. The van der Waals surface area contributed by atoms with Gasteiger partial charge in [-0.15, -0.1) is 11.8 Å². The van der Waals surface area contributed by atoms with E-state index in [0.717, 1.165) is 11.0 Å². The molecule has 0 atom stereocenters. The minimum atomic E-state index is -0.643. The van der Waals surface area contributed by atoms with Gasteiger partial charge in [-0.1, -0.05) is 0 Å². The minimum Gasteiger partial charge on any atom is -0.506 e. The fourth-order valence-corrected chi connectivity index (χ4v) is 2.30. The van der Waals surface area contributed by atoms with Crippen molar-refractivity contribution in [2.75, 3.05) is 11.1 Å². The van der Waals surface area contributed by atoms with Crippen molar-refractivity contribution >= 4 is 29.0 Å². The molecule has 0 bridgehead atoms. The molecule has 0 radical (unpaired) electrons. The van der Waals surface area contributed by atoms with Crippen molar-refractivity contribution in [2.45, 2.75) is 4.90 Å². The zero-order valence-corrected chi connectivity index (χ0v) is 12.0. The summed E-state index contributed by atoms with van der Waals surface area (Å²) in [5.41, 5.74) is -0.175. The summed E-state index contributed by atoms with van der Waals surface area (Å²) in [5.74, 6) is -1.07. The van der Waals surface area contributed by atoms with Crippen molar-refractivity contribution in [3.63, 3.8) is 0 Å². The Morgan fingerprint density at radius 3 is 2.55 bits per heavy atom. The van der Waals surface area contributed by atoms with Crippen LogP contribution < -0.4 is 5.32 Å². The molecular weight excluding hydrogens is 311 g/mol. The average molecular weight is 322 g/mol. The van der Waals surface area contributed by atoms with E-state index in [2.05, 4.69) is 5.32 Å². The number of phenolic OH excluding ortho intramolecular Hbond substituents is 1. The third kappa shape index (κ3) is 4.19. The normalized spacial score (nSPS) is 10.2. The van der Waals surface area contributed by atoms with Gasteiger partial charge in [-0.25, -0.2) is 4.39 Å². The smallest absolute Gasteiger partial charge is 0.273 e. The maximum Gasteiger partial charge on any atom is 0.273 e. The summed E-state index contributed by atoms with van der Waals surface area (Å²) in [4.78, 5) is 22.4. The molecule has 0 heterocycles. The molecule has 0 aliphatic carbocycles. The molecule has 0 aromatic heterocycles. The first-order chi connectivity index (χ1) is 10.5. The van der Waals surface area contributed by atoms with Crippen molar-refractivity contribution in [2.24, 2.45) is 0 Å². The van der Waals surface area contributed by atoms with Crippen LogP contribution in [0.15, 0.2) is 47.4 Å². The molecule has 2 rings (SSSR count). The first kappa shape index (κ1) is 15.8. The number of hydrogen-bond donors (Lipinski definition) is 2. The molecule has 2 aromatic carbocycles. The number of amides is 1. The number of nitrogens with zero attached hydrogens (tertiary/aromatic N) is 1. The summed E-state index contributed by atoms with van der Waals surface area (Å²) < 4.78 is 12.7.